The molecule has 0 aromatic carbocycles. The van der Waals surface area contributed by atoms with Gasteiger partial charge in [0.05, 0.1) is 37.1 Å². The molecule has 1 N–H and O–H groups in total. The fourth-order valence-electron chi connectivity index (χ4n) is 6.54. The first-order chi connectivity index (χ1) is 17.3. The van der Waals surface area contributed by atoms with Crippen molar-refractivity contribution in [3.05, 3.63) is 41.5 Å². The Balaban J connectivity index is 1.35. The predicted molar refractivity (Wildman–Crippen MR) is 142 cm³/mol. The number of aryl methyl sites for hydroxylation is 1. The molecular weight excluding hydrogens is 450 g/mol. The molecule has 0 amide bonds. The second kappa shape index (κ2) is 8.87. The standard InChI is InChI=1S/C29H37N5O2/c1-17(2)24-26(21-11-23(35-5)28-30-16-31-34(28)13-21)32-22-10-18(3)25(33-27(22)24)20-8-6-19(7-9-20)12-29(4)14-36-15-29/h10-11,13,16-17,19-20,32H,6-9,12,14-15H2,1-5H3. The third-order valence-electron chi connectivity index (χ3n) is 8.38. The minimum atomic E-state index is 0.315. The minimum absolute atomic E-state index is 0.315. The molecule has 7 nitrogen and oxygen atoms in total. The van der Waals surface area contributed by atoms with E-state index < -0.39 is 0 Å². The van der Waals surface area contributed by atoms with Crippen molar-refractivity contribution in [3.8, 4) is 17.0 Å². The van der Waals surface area contributed by atoms with E-state index in [1.165, 1.54) is 48.9 Å². The number of methoxy groups -OCH3 is 1. The number of pyridine rings is 2. The maximum absolute atomic E-state index is 5.63. The van der Waals surface area contributed by atoms with Crippen LogP contribution in [0.1, 0.15) is 81.5 Å². The maximum atomic E-state index is 5.63. The molecule has 4 aromatic heterocycles. The fourth-order valence-corrected chi connectivity index (χ4v) is 6.54. The van der Waals surface area contributed by atoms with Crippen LogP contribution in [-0.2, 0) is 4.74 Å². The second-order valence-corrected chi connectivity index (χ2v) is 11.7. The van der Waals surface area contributed by atoms with Crippen LogP contribution in [0.4, 0.5) is 0 Å². The van der Waals surface area contributed by atoms with Crippen LogP contribution in [-0.4, -0.2) is 44.9 Å². The monoisotopic (exact) mass is 487 g/mol. The van der Waals surface area contributed by atoms with Gasteiger partial charge < -0.3 is 14.5 Å². The lowest BCUT2D eigenvalue weighted by Gasteiger charge is -2.42. The van der Waals surface area contributed by atoms with Crippen molar-refractivity contribution in [3.63, 3.8) is 0 Å². The van der Waals surface area contributed by atoms with Crippen molar-refractivity contribution in [1.29, 1.82) is 0 Å². The highest BCUT2D eigenvalue weighted by atomic mass is 16.5. The summed E-state index contributed by atoms with van der Waals surface area (Å²) in [6.45, 7) is 11.0. The van der Waals surface area contributed by atoms with Gasteiger partial charge in [-0.05, 0) is 68.6 Å². The van der Waals surface area contributed by atoms with Gasteiger partial charge in [0.2, 0.25) is 0 Å². The van der Waals surface area contributed by atoms with Crippen molar-refractivity contribution in [2.24, 2.45) is 11.3 Å². The van der Waals surface area contributed by atoms with Gasteiger partial charge in [0.1, 0.15) is 6.33 Å². The summed E-state index contributed by atoms with van der Waals surface area (Å²) in [5, 5.41) is 4.36. The lowest BCUT2D eigenvalue weighted by molar-refractivity contribution is -0.115. The average molecular weight is 488 g/mol. The normalized spacial score (nSPS) is 21.8. The molecule has 2 aliphatic rings. The molecule has 36 heavy (non-hydrogen) atoms. The molecule has 0 spiro atoms. The van der Waals surface area contributed by atoms with Gasteiger partial charge in [0.15, 0.2) is 11.4 Å². The molecular formula is C29H37N5O2. The predicted octanol–water partition coefficient (Wildman–Crippen LogP) is 6.41. The summed E-state index contributed by atoms with van der Waals surface area (Å²) in [6.07, 6.45) is 9.94. The fraction of sp³-hybridized carbons (Fsp3) is 0.552. The molecule has 2 fully saturated rings. The van der Waals surface area contributed by atoms with Gasteiger partial charge in [-0.2, -0.15) is 5.10 Å². The number of hydrogen-bond donors (Lipinski definition) is 1. The van der Waals surface area contributed by atoms with E-state index in [0.717, 1.165) is 41.4 Å². The third kappa shape index (κ3) is 3.97. The molecule has 0 unspecified atom stereocenters. The van der Waals surface area contributed by atoms with Crippen molar-refractivity contribution in [2.75, 3.05) is 20.3 Å². The van der Waals surface area contributed by atoms with Crippen LogP contribution < -0.4 is 4.74 Å². The van der Waals surface area contributed by atoms with E-state index in [9.17, 15) is 0 Å². The molecule has 0 radical (unpaired) electrons. The topological polar surface area (TPSA) is 77.3 Å². The summed E-state index contributed by atoms with van der Waals surface area (Å²) in [7, 11) is 1.68. The first-order valence-corrected chi connectivity index (χ1v) is 13.3. The first-order valence-electron chi connectivity index (χ1n) is 13.3. The van der Waals surface area contributed by atoms with Gasteiger partial charge in [0, 0.05) is 34.4 Å². The van der Waals surface area contributed by atoms with Gasteiger partial charge in [-0.1, -0.05) is 20.8 Å². The van der Waals surface area contributed by atoms with E-state index in [-0.39, 0.29) is 0 Å². The van der Waals surface area contributed by atoms with Crippen LogP contribution in [0.5, 0.6) is 5.75 Å². The number of fused-ring (bicyclic) bond motifs is 2. The Bertz CT molecular complexity index is 1410. The molecule has 1 saturated heterocycles. The number of rotatable bonds is 6. The Labute approximate surface area is 212 Å². The summed E-state index contributed by atoms with van der Waals surface area (Å²) in [5.41, 5.74) is 9.26. The van der Waals surface area contributed by atoms with E-state index in [0.29, 0.717) is 28.6 Å². The molecule has 7 heteroatoms. The molecule has 1 saturated carbocycles. The second-order valence-electron chi connectivity index (χ2n) is 11.7. The zero-order valence-electron chi connectivity index (χ0n) is 22.1. The molecule has 0 bridgehead atoms. The van der Waals surface area contributed by atoms with Crippen LogP contribution in [0, 0.1) is 18.3 Å². The zero-order chi connectivity index (χ0) is 25.0. The highest BCUT2D eigenvalue weighted by molar-refractivity contribution is 5.89. The summed E-state index contributed by atoms with van der Waals surface area (Å²) in [6, 6.07) is 4.35. The van der Waals surface area contributed by atoms with Gasteiger partial charge >= 0.3 is 0 Å². The summed E-state index contributed by atoms with van der Waals surface area (Å²) in [4.78, 5) is 13.4. The number of aromatic nitrogens is 5. The molecule has 1 aliphatic carbocycles. The summed E-state index contributed by atoms with van der Waals surface area (Å²) < 4.78 is 12.9. The number of nitrogens with zero attached hydrogens (tertiary/aromatic N) is 4. The Morgan fingerprint density at radius 1 is 1.19 bits per heavy atom. The Kier molecular flexibility index (Phi) is 5.78. The summed E-state index contributed by atoms with van der Waals surface area (Å²) in [5.74, 6) is 2.39. The van der Waals surface area contributed by atoms with Crippen LogP contribution in [0.15, 0.2) is 24.7 Å². The molecule has 6 rings (SSSR count). The SMILES string of the molecule is COc1cc(-c2[nH]c3cc(C)c(C4CCC(CC5(C)COC5)CC4)nc3c2C(C)C)cn2ncnc12. The van der Waals surface area contributed by atoms with E-state index in [1.807, 2.05) is 12.3 Å². The van der Waals surface area contributed by atoms with Crippen molar-refractivity contribution >= 4 is 16.7 Å². The maximum Gasteiger partial charge on any atom is 0.197 e. The lowest BCUT2D eigenvalue weighted by Crippen LogP contribution is -2.41. The number of nitrogens with one attached hydrogen (secondary N) is 1. The number of aromatic amines is 1. The number of H-pyrrole nitrogens is 1. The zero-order valence-corrected chi connectivity index (χ0v) is 22.1. The van der Waals surface area contributed by atoms with Crippen LogP contribution >= 0.6 is 0 Å². The first kappa shape index (κ1) is 23.5. The Hall–Kier alpha value is -2.93. The van der Waals surface area contributed by atoms with E-state index >= 15 is 0 Å². The van der Waals surface area contributed by atoms with Gasteiger partial charge in [0.25, 0.3) is 0 Å². The van der Waals surface area contributed by atoms with E-state index in [1.54, 1.807) is 18.0 Å². The Morgan fingerprint density at radius 2 is 1.97 bits per heavy atom. The molecule has 1 aliphatic heterocycles. The minimum Gasteiger partial charge on any atom is -0.493 e. The largest absolute Gasteiger partial charge is 0.493 e. The average Bonchev–Trinajstić information content (AvgIpc) is 3.46. The smallest absolute Gasteiger partial charge is 0.197 e. The number of ether oxygens (including phenoxy) is 2. The van der Waals surface area contributed by atoms with E-state index in [4.69, 9.17) is 14.5 Å². The van der Waals surface area contributed by atoms with Crippen molar-refractivity contribution in [2.45, 2.75) is 71.6 Å². The van der Waals surface area contributed by atoms with E-state index in [2.05, 4.69) is 48.8 Å². The quantitative estimate of drug-likeness (QED) is 0.340. The third-order valence-corrected chi connectivity index (χ3v) is 8.38. The van der Waals surface area contributed by atoms with Crippen LogP contribution in [0.2, 0.25) is 0 Å². The molecule has 0 atom stereocenters. The van der Waals surface area contributed by atoms with Gasteiger partial charge in [-0.3, -0.25) is 4.98 Å². The molecule has 190 valence electrons. The Morgan fingerprint density at radius 3 is 2.64 bits per heavy atom. The van der Waals surface area contributed by atoms with Gasteiger partial charge in [-0.15, -0.1) is 0 Å². The van der Waals surface area contributed by atoms with Crippen LogP contribution in [0.25, 0.3) is 27.9 Å². The van der Waals surface area contributed by atoms with Crippen LogP contribution in [0.3, 0.4) is 0 Å². The molecule has 4 aromatic rings. The van der Waals surface area contributed by atoms with Gasteiger partial charge in [-0.25, -0.2) is 9.50 Å². The lowest BCUT2D eigenvalue weighted by atomic mass is 9.71. The van der Waals surface area contributed by atoms with Crippen molar-refractivity contribution in [1.82, 2.24) is 24.6 Å². The molecule has 5 heterocycles. The number of hydrogen-bond acceptors (Lipinski definition) is 5. The highest BCUT2D eigenvalue weighted by Crippen LogP contribution is 2.44. The van der Waals surface area contributed by atoms with Crippen molar-refractivity contribution < 1.29 is 9.47 Å². The highest BCUT2D eigenvalue weighted by Gasteiger charge is 2.37. The summed E-state index contributed by atoms with van der Waals surface area (Å²) >= 11 is 0.